The summed E-state index contributed by atoms with van der Waals surface area (Å²) in [5.41, 5.74) is 0.904. The van der Waals surface area contributed by atoms with E-state index in [1.54, 1.807) is 6.20 Å². The smallest absolute Gasteiger partial charge is 0.224 e. The topological polar surface area (TPSA) is 25.4 Å². The van der Waals surface area contributed by atoms with Crippen LogP contribution in [-0.2, 0) is 0 Å². The second kappa shape index (κ2) is 7.12. The van der Waals surface area contributed by atoms with Gasteiger partial charge in [-0.25, -0.2) is 4.98 Å². The molecule has 0 fully saturated rings. The largest absolute Gasteiger partial charge is 0.472 e. The normalized spacial score (nSPS) is 18.4. The Bertz CT molecular complexity index is 417. The van der Waals surface area contributed by atoms with Crippen molar-refractivity contribution in [2.45, 2.75) is 19.4 Å². The standard InChI is InChI=1S/C12H15ClN2OS.ClH/c1-2-15-8-9(5-6-13)16-11-10(12(15)17)4-3-7-14-11;/h3-4,7,9H,2,5-6,8H2,1H3;1H. The van der Waals surface area contributed by atoms with Crippen LogP contribution in [-0.4, -0.2) is 39.9 Å². The summed E-state index contributed by atoms with van der Waals surface area (Å²) in [5.74, 6) is 1.21. The summed E-state index contributed by atoms with van der Waals surface area (Å²) in [5, 5.41) is 0. The van der Waals surface area contributed by atoms with E-state index in [2.05, 4.69) is 16.8 Å². The number of thiocarbonyl (C=S) groups is 1. The molecule has 100 valence electrons. The Balaban J connectivity index is 0.00000162. The highest BCUT2D eigenvalue weighted by molar-refractivity contribution is 7.80. The number of nitrogens with zero attached hydrogens (tertiary/aromatic N) is 2. The fourth-order valence-electron chi connectivity index (χ4n) is 1.89. The third-order valence-electron chi connectivity index (χ3n) is 2.80. The molecule has 6 heteroatoms. The number of ether oxygens (including phenoxy) is 1. The SMILES string of the molecule is CCN1CC(CCCl)Oc2ncccc2C1=S.Cl. The molecule has 1 aromatic rings. The van der Waals surface area contributed by atoms with E-state index in [-0.39, 0.29) is 18.5 Å². The number of fused-ring (bicyclic) bond motifs is 1. The van der Waals surface area contributed by atoms with Gasteiger partial charge < -0.3 is 9.64 Å². The molecule has 1 unspecified atom stereocenters. The molecule has 0 aliphatic carbocycles. The van der Waals surface area contributed by atoms with Gasteiger partial charge in [0.25, 0.3) is 0 Å². The number of alkyl halides is 1. The number of aromatic nitrogens is 1. The summed E-state index contributed by atoms with van der Waals surface area (Å²) in [6.07, 6.45) is 2.58. The highest BCUT2D eigenvalue weighted by Crippen LogP contribution is 2.24. The van der Waals surface area contributed by atoms with Gasteiger partial charge in [-0.2, -0.15) is 0 Å². The molecule has 18 heavy (non-hydrogen) atoms. The van der Waals surface area contributed by atoms with Crippen molar-refractivity contribution in [3.05, 3.63) is 23.9 Å². The van der Waals surface area contributed by atoms with Crippen LogP contribution < -0.4 is 4.74 Å². The van der Waals surface area contributed by atoms with E-state index < -0.39 is 0 Å². The molecule has 1 aromatic heterocycles. The van der Waals surface area contributed by atoms with Crippen molar-refractivity contribution >= 4 is 41.2 Å². The molecule has 0 amide bonds. The van der Waals surface area contributed by atoms with Gasteiger partial charge in [0.1, 0.15) is 11.1 Å². The van der Waals surface area contributed by atoms with Gasteiger partial charge in [0.05, 0.1) is 12.1 Å². The zero-order valence-corrected chi connectivity index (χ0v) is 12.5. The van der Waals surface area contributed by atoms with Gasteiger partial charge >= 0.3 is 0 Å². The maximum Gasteiger partial charge on any atom is 0.224 e. The molecule has 1 atom stereocenters. The Kier molecular flexibility index (Phi) is 6.12. The van der Waals surface area contributed by atoms with Gasteiger partial charge in [0, 0.05) is 18.6 Å². The quantitative estimate of drug-likeness (QED) is 0.633. The first kappa shape index (κ1) is 15.5. The third-order valence-corrected chi connectivity index (χ3v) is 3.50. The number of hydrogen-bond donors (Lipinski definition) is 0. The van der Waals surface area contributed by atoms with Crippen molar-refractivity contribution in [3.8, 4) is 5.88 Å². The lowest BCUT2D eigenvalue weighted by atomic mass is 10.2. The Hall–Kier alpha value is -0.580. The van der Waals surface area contributed by atoms with Crippen LogP contribution in [0.2, 0.25) is 0 Å². The lowest BCUT2D eigenvalue weighted by molar-refractivity contribution is 0.166. The third kappa shape index (κ3) is 3.25. The molecule has 3 nitrogen and oxygen atoms in total. The van der Waals surface area contributed by atoms with Crippen LogP contribution in [0.3, 0.4) is 0 Å². The number of likely N-dealkylation sites (N-methyl/N-ethyl adjacent to an activating group) is 1. The van der Waals surface area contributed by atoms with Crippen molar-refractivity contribution in [3.63, 3.8) is 0 Å². The number of rotatable bonds is 3. The predicted molar refractivity (Wildman–Crippen MR) is 80.2 cm³/mol. The molecule has 2 rings (SSSR count). The number of hydrogen-bond acceptors (Lipinski definition) is 3. The lowest BCUT2D eigenvalue weighted by Crippen LogP contribution is -2.36. The average molecular weight is 307 g/mol. The molecular formula is C12H16Cl2N2OS. The highest BCUT2D eigenvalue weighted by Gasteiger charge is 2.25. The number of pyridine rings is 1. The Labute approximate surface area is 124 Å². The maximum atomic E-state index is 5.88. The summed E-state index contributed by atoms with van der Waals surface area (Å²) in [6.45, 7) is 3.74. The van der Waals surface area contributed by atoms with Crippen LogP contribution in [0, 0.1) is 0 Å². The molecular weight excluding hydrogens is 291 g/mol. The van der Waals surface area contributed by atoms with Crippen LogP contribution in [0.15, 0.2) is 18.3 Å². The minimum atomic E-state index is 0. The number of halogens is 2. The first-order valence-electron chi connectivity index (χ1n) is 5.73. The van der Waals surface area contributed by atoms with Gasteiger partial charge in [0.15, 0.2) is 0 Å². The maximum absolute atomic E-state index is 5.88. The fraction of sp³-hybridized carbons (Fsp3) is 0.500. The van der Waals surface area contributed by atoms with E-state index in [0.717, 1.165) is 30.1 Å². The zero-order chi connectivity index (χ0) is 12.3. The van der Waals surface area contributed by atoms with Crippen LogP contribution in [0.1, 0.15) is 18.9 Å². The van der Waals surface area contributed by atoms with Gasteiger partial charge in [-0.1, -0.05) is 12.2 Å². The molecule has 0 radical (unpaired) electrons. The van der Waals surface area contributed by atoms with Crippen molar-refractivity contribution in [1.82, 2.24) is 9.88 Å². The molecule has 0 spiro atoms. The molecule has 0 N–H and O–H groups in total. The van der Waals surface area contributed by atoms with Gasteiger partial charge in [-0.3, -0.25) is 0 Å². The van der Waals surface area contributed by atoms with Crippen molar-refractivity contribution in [2.24, 2.45) is 0 Å². The van der Waals surface area contributed by atoms with E-state index in [9.17, 15) is 0 Å². The minimum Gasteiger partial charge on any atom is -0.472 e. The summed E-state index contributed by atoms with van der Waals surface area (Å²) >= 11 is 11.3. The van der Waals surface area contributed by atoms with Gasteiger partial charge in [-0.15, -0.1) is 24.0 Å². The van der Waals surface area contributed by atoms with E-state index in [4.69, 9.17) is 28.6 Å². The van der Waals surface area contributed by atoms with Crippen LogP contribution in [0.25, 0.3) is 0 Å². The summed E-state index contributed by atoms with van der Waals surface area (Å²) in [7, 11) is 0. The minimum absolute atomic E-state index is 0. The molecule has 1 aliphatic rings. The van der Waals surface area contributed by atoms with E-state index in [0.29, 0.717) is 11.8 Å². The second-order valence-electron chi connectivity index (χ2n) is 3.92. The van der Waals surface area contributed by atoms with E-state index >= 15 is 0 Å². The summed E-state index contributed by atoms with van der Waals surface area (Å²) < 4.78 is 5.88. The van der Waals surface area contributed by atoms with Gasteiger partial charge in [-0.05, 0) is 25.5 Å². The Morgan fingerprint density at radius 3 is 3.06 bits per heavy atom. The monoisotopic (exact) mass is 306 g/mol. The Morgan fingerprint density at radius 2 is 2.39 bits per heavy atom. The second-order valence-corrected chi connectivity index (χ2v) is 4.68. The average Bonchev–Trinajstić information content (AvgIpc) is 2.48. The molecule has 0 saturated heterocycles. The lowest BCUT2D eigenvalue weighted by Gasteiger charge is -2.23. The molecule has 0 bridgehead atoms. The van der Waals surface area contributed by atoms with Crippen molar-refractivity contribution < 1.29 is 4.74 Å². The Morgan fingerprint density at radius 1 is 1.61 bits per heavy atom. The van der Waals surface area contributed by atoms with E-state index in [1.165, 1.54) is 0 Å². The molecule has 0 aromatic carbocycles. The molecule has 2 heterocycles. The first-order valence-corrected chi connectivity index (χ1v) is 6.67. The van der Waals surface area contributed by atoms with E-state index in [1.807, 2.05) is 12.1 Å². The summed E-state index contributed by atoms with van der Waals surface area (Å²) in [6, 6.07) is 3.83. The van der Waals surface area contributed by atoms with Crippen molar-refractivity contribution in [1.29, 1.82) is 0 Å². The zero-order valence-electron chi connectivity index (χ0n) is 10.1. The van der Waals surface area contributed by atoms with Crippen LogP contribution in [0.5, 0.6) is 5.88 Å². The molecule has 1 aliphatic heterocycles. The van der Waals surface area contributed by atoms with Crippen LogP contribution in [0.4, 0.5) is 0 Å². The predicted octanol–water partition coefficient (Wildman–Crippen LogP) is 2.89. The first-order chi connectivity index (χ1) is 8.26. The van der Waals surface area contributed by atoms with Crippen LogP contribution >= 0.6 is 36.2 Å². The molecule has 0 saturated carbocycles. The fourth-order valence-corrected chi connectivity index (χ4v) is 2.49. The highest BCUT2D eigenvalue weighted by atomic mass is 35.5. The van der Waals surface area contributed by atoms with Gasteiger partial charge in [0.2, 0.25) is 5.88 Å². The summed E-state index contributed by atoms with van der Waals surface area (Å²) in [4.78, 5) is 7.20. The van der Waals surface area contributed by atoms with Crippen molar-refractivity contribution in [2.75, 3.05) is 19.0 Å².